The van der Waals surface area contributed by atoms with Gasteiger partial charge in [0.1, 0.15) is 6.54 Å². The molecule has 2 N–H and O–H groups in total. The molecule has 0 aliphatic rings. The molecule has 0 bridgehead atoms. The Balaban J connectivity index is 4.36. The van der Waals surface area contributed by atoms with Gasteiger partial charge in [0.2, 0.25) is 0 Å². The van der Waals surface area contributed by atoms with Gasteiger partial charge in [-0.15, -0.1) is 0 Å². The summed E-state index contributed by atoms with van der Waals surface area (Å²) in [6.07, 6.45) is 1.84. The smallest absolute Gasteiger partial charge is 0.323 e. The first-order valence-electron chi connectivity index (χ1n) is 5.61. The molecular weight excluding hydrogens is 208 g/mol. The molecule has 0 aromatic carbocycles. The zero-order chi connectivity index (χ0) is 12.8. The zero-order valence-electron chi connectivity index (χ0n) is 10.5. The number of amides is 2. The maximum absolute atomic E-state index is 11.8. The quantitative estimate of drug-likeness (QED) is 0.729. The van der Waals surface area contributed by atoms with Crippen molar-refractivity contribution in [3.63, 3.8) is 0 Å². The van der Waals surface area contributed by atoms with E-state index in [1.54, 1.807) is 6.92 Å². The van der Waals surface area contributed by atoms with E-state index in [0.29, 0.717) is 6.54 Å². The molecule has 0 atom stereocenters. The molecule has 0 aliphatic heterocycles. The summed E-state index contributed by atoms with van der Waals surface area (Å²) < 4.78 is 0. The van der Waals surface area contributed by atoms with Crippen LogP contribution in [0.2, 0.25) is 0 Å². The van der Waals surface area contributed by atoms with Crippen molar-refractivity contribution >= 4 is 12.0 Å². The van der Waals surface area contributed by atoms with Crippen LogP contribution in [-0.2, 0) is 4.79 Å². The van der Waals surface area contributed by atoms with Crippen LogP contribution in [0.5, 0.6) is 0 Å². The topological polar surface area (TPSA) is 69.6 Å². The van der Waals surface area contributed by atoms with Crippen molar-refractivity contribution in [1.82, 2.24) is 10.2 Å². The molecule has 0 spiro atoms. The fourth-order valence-electron chi connectivity index (χ4n) is 1.55. The van der Waals surface area contributed by atoms with E-state index in [1.165, 1.54) is 4.90 Å². The van der Waals surface area contributed by atoms with E-state index in [0.717, 1.165) is 12.8 Å². The van der Waals surface area contributed by atoms with Gasteiger partial charge in [-0.1, -0.05) is 13.3 Å². The van der Waals surface area contributed by atoms with Crippen LogP contribution in [-0.4, -0.2) is 40.6 Å². The van der Waals surface area contributed by atoms with E-state index in [2.05, 4.69) is 5.32 Å². The third kappa shape index (κ3) is 5.58. The summed E-state index contributed by atoms with van der Waals surface area (Å²) in [5.74, 6) is -0.995. The first-order valence-corrected chi connectivity index (χ1v) is 5.61. The van der Waals surface area contributed by atoms with Gasteiger partial charge in [0, 0.05) is 12.1 Å². The second-order valence-corrected chi connectivity index (χ2v) is 4.47. The molecule has 0 radical (unpaired) electrons. The molecule has 5 nitrogen and oxygen atoms in total. The van der Waals surface area contributed by atoms with Gasteiger partial charge in [-0.2, -0.15) is 0 Å². The maximum Gasteiger partial charge on any atom is 0.323 e. The van der Waals surface area contributed by atoms with Crippen molar-refractivity contribution in [2.75, 3.05) is 13.1 Å². The van der Waals surface area contributed by atoms with Gasteiger partial charge in [-0.3, -0.25) is 4.79 Å². The van der Waals surface area contributed by atoms with E-state index in [-0.39, 0.29) is 18.1 Å². The minimum absolute atomic E-state index is 0.259. The number of likely N-dealkylation sites (N-methyl/N-ethyl adjacent to an activating group) is 1. The molecule has 2 amide bonds. The predicted molar refractivity (Wildman–Crippen MR) is 62.4 cm³/mol. The third-order valence-corrected chi connectivity index (χ3v) is 2.32. The Morgan fingerprint density at radius 1 is 1.31 bits per heavy atom. The first-order chi connectivity index (χ1) is 7.32. The Hall–Kier alpha value is -1.26. The third-order valence-electron chi connectivity index (χ3n) is 2.32. The number of nitrogens with one attached hydrogen (secondary N) is 1. The summed E-state index contributed by atoms with van der Waals surface area (Å²) in [6, 6.07) is -0.316. The highest BCUT2D eigenvalue weighted by atomic mass is 16.4. The Kier molecular flexibility index (Phi) is 5.85. The summed E-state index contributed by atoms with van der Waals surface area (Å²) in [7, 11) is 0. The lowest BCUT2D eigenvalue weighted by atomic mass is 9.99. The lowest BCUT2D eigenvalue weighted by Crippen LogP contribution is -2.51. The van der Waals surface area contributed by atoms with Crippen LogP contribution in [0.3, 0.4) is 0 Å². The molecule has 0 rings (SSSR count). The van der Waals surface area contributed by atoms with Gasteiger partial charge >= 0.3 is 12.0 Å². The molecule has 0 saturated heterocycles. The molecule has 0 aromatic heterocycles. The number of rotatable bonds is 6. The number of urea groups is 1. The van der Waals surface area contributed by atoms with Crippen molar-refractivity contribution < 1.29 is 14.7 Å². The number of carbonyl (C=O) groups is 2. The van der Waals surface area contributed by atoms with Crippen molar-refractivity contribution in [2.45, 2.75) is 46.1 Å². The van der Waals surface area contributed by atoms with Crippen LogP contribution in [0.4, 0.5) is 4.79 Å². The molecule has 0 fully saturated rings. The van der Waals surface area contributed by atoms with Crippen molar-refractivity contribution in [3.05, 3.63) is 0 Å². The number of hydrogen-bond acceptors (Lipinski definition) is 2. The SMILES string of the molecule is CCCC(C)(C)NC(=O)N(CC)CC(=O)O. The highest BCUT2D eigenvalue weighted by Gasteiger charge is 2.23. The number of carboxylic acid groups (broad SMARTS) is 1. The minimum atomic E-state index is -0.995. The van der Waals surface area contributed by atoms with Crippen LogP contribution in [0.15, 0.2) is 0 Å². The standard InChI is InChI=1S/C11H22N2O3/c1-5-7-11(3,4)12-10(16)13(6-2)8-9(14)15/h5-8H2,1-4H3,(H,12,16)(H,14,15). The number of carboxylic acids is 1. The predicted octanol–water partition coefficient (Wildman–Crippen LogP) is 1.68. The van der Waals surface area contributed by atoms with Crippen LogP contribution in [0.25, 0.3) is 0 Å². The Labute approximate surface area is 96.8 Å². The Bertz CT molecular complexity index is 252. The van der Waals surface area contributed by atoms with E-state index in [4.69, 9.17) is 5.11 Å². The van der Waals surface area contributed by atoms with Crippen LogP contribution >= 0.6 is 0 Å². The summed E-state index contributed by atoms with van der Waals surface area (Å²) >= 11 is 0. The summed E-state index contributed by atoms with van der Waals surface area (Å²) in [5, 5.41) is 11.5. The van der Waals surface area contributed by atoms with E-state index in [1.807, 2.05) is 20.8 Å². The van der Waals surface area contributed by atoms with E-state index in [9.17, 15) is 9.59 Å². The van der Waals surface area contributed by atoms with Crippen LogP contribution in [0.1, 0.15) is 40.5 Å². The molecular formula is C11H22N2O3. The van der Waals surface area contributed by atoms with Gasteiger partial charge in [0.25, 0.3) is 0 Å². The monoisotopic (exact) mass is 230 g/mol. The van der Waals surface area contributed by atoms with Crippen LogP contribution < -0.4 is 5.32 Å². The number of carbonyl (C=O) groups excluding carboxylic acids is 1. The fourth-order valence-corrected chi connectivity index (χ4v) is 1.55. The molecule has 0 unspecified atom stereocenters. The van der Waals surface area contributed by atoms with Gasteiger partial charge in [0.05, 0.1) is 0 Å². The largest absolute Gasteiger partial charge is 0.480 e. The molecule has 94 valence electrons. The van der Waals surface area contributed by atoms with Gasteiger partial charge in [0.15, 0.2) is 0 Å². The molecule has 5 heteroatoms. The first kappa shape index (κ1) is 14.7. The van der Waals surface area contributed by atoms with E-state index >= 15 is 0 Å². The molecule has 16 heavy (non-hydrogen) atoms. The lowest BCUT2D eigenvalue weighted by molar-refractivity contribution is -0.137. The Morgan fingerprint density at radius 3 is 2.25 bits per heavy atom. The fraction of sp³-hybridized carbons (Fsp3) is 0.818. The van der Waals surface area contributed by atoms with Gasteiger partial charge in [-0.05, 0) is 27.2 Å². The highest BCUT2D eigenvalue weighted by Crippen LogP contribution is 2.11. The number of aliphatic carboxylic acids is 1. The number of nitrogens with zero attached hydrogens (tertiary/aromatic N) is 1. The average Bonchev–Trinajstić information content (AvgIpc) is 2.12. The Morgan fingerprint density at radius 2 is 1.88 bits per heavy atom. The molecule has 0 saturated carbocycles. The maximum atomic E-state index is 11.8. The van der Waals surface area contributed by atoms with E-state index < -0.39 is 5.97 Å². The molecule has 0 aliphatic carbocycles. The van der Waals surface area contributed by atoms with Crippen LogP contribution in [0, 0.1) is 0 Å². The molecule has 0 aromatic rings. The normalized spacial score (nSPS) is 11.0. The van der Waals surface area contributed by atoms with Crippen molar-refractivity contribution in [1.29, 1.82) is 0 Å². The number of hydrogen-bond donors (Lipinski definition) is 2. The van der Waals surface area contributed by atoms with Gasteiger partial charge < -0.3 is 15.3 Å². The summed E-state index contributed by atoms with van der Waals surface area (Å²) in [4.78, 5) is 23.6. The zero-order valence-corrected chi connectivity index (χ0v) is 10.5. The second kappa shape index (κ2) is 6.35. The minimum Gasteiger partial charge on any atom is -0.480 e. The second-order valence-electron chi connectivity index (χ2n) is 4.47. The van der Waals surface area contributed by atoms with Gasteiger partial charge in [-0.25, -0.2) is 4.79 Å². The summed E-state index contributed by atoms with van der Waals surface area (Å²) in [6.45, 7) is 7.80. The lowest BCUT2D eigenvalue weighted by Gasteiger charge is -2.29. The van der Waals surface area contributed by atoms with Crippen molar-refractivity contribution in [2.24, 2.45) is 0 Å². The summed E-state index contributed by atoms with van der Waals surface area (Å²) in [5.41, 5.74) is -0.294. The molecule has 0 heterocycles. The van der Waals surface area contributed by atoms with Crippen molar-refractivity contribution in [3.8, 4) is 0 Å². The average molecular weight is 230 g/mol. The highest BCUT2D eigenvalue weighted by molar-refractivity contribution is 5.80.